The average Bonchev–Trinajstić information content (AvgIpc) is 2.33. The first-order valence-electron chi connectivity index (χ1n) is 4.97. The van der Waals surface area contributed by atoms with Crippen LogP contribution in [-0.2, 0) is 0 Å². The monoisotopic (exact) mass is 246 g/mol. The highest BCUT2D eigenvalue weighted by atomic mass is 35.5. The number of esters is 1. The molecule has 4 heteroatoms. The van der Waals surface area contributed by atoms with Crippen molar-refractivity contribution in [1.29, 1.82) is 0 Å². The van der Waals surface area contributed by atoms with Crippen molar-refractivity contribution >= 4 is 17.6 Å². The van der Waals surface area contributed by atoms with Gasteiger partial charge in [-0.25, -0.2) is 4.79 Å². The molecular formula is C13H9ClNO2. The van der Waals surface area contributed by atoms with Gasteiger partial charge >= 0.3 is 5.97 Å². The average molecular weight is 247 g/mol. The van der Waals surface area contributed by atoms with Crippen LogP contribution in [0.4, 0.5) is 0 Å². The normalized spacial score (nSPS) is 10.0. The molecule has 85 valence electrons. The van der Waals surface area contributed by atoms with Crippen molar-refractivity contribution in [3.8, 4) is 5.75 Å². The summed E-state index contributed by atoms with van der Waals surface area (Å²) in [5.41, 5.74) is 1.56. The highest BCUT2D eigenvalue weighted by Gasteiger charge is 2.10. The minimum Gasteiger partial charge on any atom is -0.421 e. The lowest BCUT2D eigenvalue weighted by Crippen LogP contribution is -2.08. The Morgan fingerprint density at radius 2 is 2.06 bits per heavy atom. The number of rotatable bonds is 2. The van der Waals surface area contributed by atoms with Gasteiger partial charge in [-0.05, 0) is 19.1 Å². The molecule has 17 heavy (non-hydrogen) atoms. The molecule has 2 aromatic rings. The van der Waals surface area contributed by atoms with Crippen molar-refractivity contribution in [1.82, 2.24) is 4.98 Å². The van der Waals surface area contributed by atoms with E-state index in [0.29, 0.717) is 5.56 Å². The van der Waals surface area contributed by atoms with Crippen molar-refractivity contribution < 1.29 is 9.53 Å². The van der Waals surface area contributed by atoms with Gasteiger partial charge in [-0.15, -0.1) is 0 Å². The summed E-state index contributed by atoms with van der Waals surface area (Å²) in [4.78, 5) is 15.5. The van der Waals surface area contributed by atoms with Crippen molar-refractivity contribution in [2.45, 2.75) is 6.92 Å². The first kappa shape index (κ1) is 11.6. The Morgan fingerprint density at radius 1 is 1.35 bits per heavy atom. The lowest BCUT2D eigenvalue weighted by Gasteiger charge is -2.05. The SMILES string of the molecule is Cc1ccc(C(=O)Oc2c[c]ncc2Cl)cc1. The maximum absolute atomic E-state index is 11.8. The van der Waals surface area contributed by atoms with E-state index < -0.39 is 5.97 Å². The first-order chi connectivity index (χ1) is 8.16. The second kappa shape index (κ2) is 4.97. The van der Waals surface area contributed by atoms with Crippen LogP contribution < -0.4 is 4.74 Å². The minimum atomic E-state index is -0.452. The van der Waals surface area contributed by atoms with Crippen LogP contribution in [0.5, 0.6) is 5.75 Å². The lowest BCUT2D eigenvalue weighted by molar-refractivity contribution is 0.0734. The Hall–Kier alpha value is -1.87. The molecule has 0 unspecified atom stereocenters. The van der Waals surface area contributed by atoms with Crippen LogP contribution in [0.15, 0.2) is 36.5 Å². The van der Waals surface area contributed by atoms with Gasteiger partial charge in [0.25, 0.3) is 0 Å². The maximum Gasteiger partial charge on any atom is 0.343 e. The number of hydrogen-bond acceptors (Lipinski definition) is 3. The van der Waals surface area contributed by atoms with Crippen LogP contribution >= 0.6 is 11.6 Å². The number of carbonyl (C=O) groups is 1. The van der Waals surface area contributed by atoms with Gasteiger partial charge in [-0.1, -0.05) is 29.3 Å². The van der Waals surface area contributed by atoms with Crippen molar-refractivity contribution in [2.75, 3.05) is 0 Å². The fourth-order valence-electron chi connectivity index (χ4n) is 1.25. The molecule has 0 aliphatic heterocycles. The van der Waals surface area contributed by atoms with Crippen LogP contribution in [0.3, 0.4) is 0 Å². The van der Waals surface area contributed by atoms with E-state index in [-0.39, 0.29) is 10.8 Å². The molecule has 3 nitrogen and oxygen atoms in total. The lowest BCUT2D eigenvalue weighted by atomic mass is 10.1. The summed E-state index contributed by atoms with van der Waals surface area (Å²) in [5, 5.41) is 0.282. The van der Waals surface area contributed by atoms with Crippen LogP contribution in [-0.4, -0.2) is 11.0 Å². The Kier molecular flexibility index (Phi) is 3.40. The van der Waals surface area contributed by atoms with Crippen molar-refractivity contribution in [3.63, 3.8) is 0 Å². The molecular weight excluding hydrogens is 238 g/mol. The van der Waals surface area contributed by atoms with E-state index >= 15 is 0 Å². The van der Waals surface area contributed by atoms with Crippen LogP contribution in [0.25, 0.3) is 0 Å². The van der Waals surface area contributed by atoms with Crippen LogP contribution in [0, 0.1) is 13.1 Å². The third-order valence-corrected chi connectivity index (χ3v) is 2.46. The molecule has 0 saturated carbocycles. The van der Waals surface area contributed by atoms with Gasteiger partial charge in [0.15, 0.2) is 5.75 Å². The van der Waals surface area contributed by atoms with E-state index in [4.69, 9.17) is 16.3 Å². The molecule has 0 amide bonds. The second-order valence-corrected chi connectivity index (χ2v) is 3.91. The number of benzene rings is 1. The number of nitrogens with zero attached hydrogens (tertiary/aromatic N) is 1. The number of aromatic nitrogens is 1. The van der Waals surface area contributed by atoms with Gasteiger partial charge in [-0.2, -0.15) is 0 Å². The third-order valence-electron chi connectivity index (χ3n) is 2.17. The smallest absolute Gasteiger partial charge is 0.343 e. The Labute approximate surface area is 104 Å². The summed E-state index contributed by atoms with van der Waals surface area (Å²) in [7, 11) is 0. The van der Waals surface area contributed by atoms with Crippen LogP contribution in [0.1, 0.15) is 15.9 Å². The third kappa shape index (κ3) is 2.82. The second-order valence-electron chi connectivity index (χ2n) is 3.50. The first-order valence-corrected chi connectivity index (χ1v) is 5.35. The minimum absolute atomic E-state index is 0.257. The standard InChI is InChI=1S/C13H9ClNO2/c1-9-2-4-10(5-3-9)13(16)17-12-6-7-15-8-11(12)14/h2-6,8H,1H3. The van der Waals surface area contributed by atoms with Crippen LogP contribution in [0.2, 0.25) is 5.02 Å². The van der Waals surface area contributed by atoms with Gasteiger partial charge < -0.3 is 4.74 Å². The molecule has 0 fully saturated rings. The number of carbonyl (C=O) groups excluding carboxylic acids is 1. The zero-order valence-corrected chi connectivity index (χ0v) is 9.86. The summed E-state index contributed by atoms with van der Waals surface area (Å²) in [6.45, 7) is 1.95. The predicted molar refractivity (Wildman–Crippen MR) is 64.2 cm³/mol. The molecule has 0 N–H and O–H groups in total. The molecule has 1 heterocycles. The summed E-state index contributed by atoms with van der Waals surface area (Å²) in [6.07, 6.45) is 3.93. The molecule has 0 bridgehead atoms. The van der Waals surface area contributed by atoms with Crippen molar-refractivity contribution in [3.05, 3.63) is 58.9 Å². The molecule has 1 radical (unpaired) electrons. The Morgan fingerprint density at radius 3 is 2.71 bits per heavy atom. The van der Waals surface area contributed by atoms with Crippen molar-refractivity contribution in [2.24, 2.45) is 0 Å². The maximum atomic E-state index is 11.8. The molecule has 1 aromatic carbocycles. The zero-order valence-electron chi connectivity index (χ0n) is 9.11. The van der Waals surface area contributed by atoms with E-state index in [1.165, 1.54) is 12.3 Å². The van der Waals surface area contributed by atoms with Gasteiger partial charge in [0.2, 0.25) is 0 Å². The predicted octanol–water partition coefficient (Wildman–Crippen LogP) is 3.06. The Balaban J connectivity index is 2.17. The van der Waals surface area contributed by atoms with E-state index in [1.54, 1.807) is 12.1 Å². The summed E-state index contributed by atoms with van der Waals surface area (Å²) >= 11 is 5.82. The zero-order chi connectivity index (χ0) is 12.3. The van der Waals surface area contributed by atoms with Gasteiger partial charge in [-0.3, -0.25) is 4.98 Å². The molecule has 0 saturated heterocycles. The quantitative estimate of drug-likeness (QED) is 0.765. The number of hydrogen-bond donors (Lipinski definition) is 0. The van der Waals surface area contributed by atoms with Gasteiger partial charge in [0, 0.05) is 6.07 Å². The van der Waals surface area contributed by atoms with E-state index in [2.05, 4.69) is 11.2 Å². The highest BCUT2D eigenvalue weighted by Crippen LogP contribution is 2.22. The van der Waals surface area contributed by atoms with E-state index in [9.17, 15) is 4.79 Å². The molecule has 0 aliphatic carbocycles. The molecule has 2 rings (SSSR count). The summed E-state index contributed by atoms with van der Waals surface area (Å²) in [5.74, 6) is -0.196. The fourth-order valence-corrected chi connectivity index (χ4v) is 1.39. The number of aryl methyl sites for hydroxylation is 1. The number of ether oxygens (including phenoxy) is 1. The van der Waals surface area contributed by atoms with Gasteiger partial charge in [0.1, 0.15) is 5.02 Å². The topological polar surface area (TPSA) is 39.2 Å². The number of halogens is 1. The number of pyridine rings is 1. The van der Waals surface area contributed by atoms with E-state index in [1.807, 2.05) is 19.1 Å². The Bertz CT molecular complexity index is 537. The highest BCUT2D eigenvalue weighted by molar-refractivity contribution is 6.32. The molecule has 0 atom stereocenters. The van der Waals surface area contributed by atoms with Gasteiger partial charge in [0.05, 0.1) is 18.0 Å². The molecule has 1 aromatic heterocycles. The molecule has 0 spiro atoms. The largest absolute Gasteiger partial charge is 0.421 e. The summed E-state index contributed by atoms with van der Waals surface area (Å²) < 4.78 is 5.13. The van der Waals surface area contributed by atoms with E-state index in [0.717, 1.165) is 5.56 Å². The molecule has 0 aliphatic rings. The fraction of sp³-hybridized carbons (Fsp3) is 0.0769. The summed E-state index contributed by atoms with van der Waals surface area (Å²) in [6, 6.07) is 8.52.